The number of nitrogens with two attached hydrogens (primary N) is 1. The van der Waals surface area contributed by atoms with Crippen molar-refractivity contribution in [2.45, 2.75) is 46.0 Å². The van der Waals surface area contributed by atoms with Gasteiger partial charge in [-0.3, -0.25) is 19.6 Å². The molecule has 0 saturated carbocycles. The van der Waals surface area contributed by atoms with Crippen LogP contribution in [0.4, 0.5) is 24.8 Å². The number of carboxylic acid groups (broad SMARTS) is 1. The number of benzene rings is 2. The van der Waals surface area contributed by atoms with E-state index in [0.29, 0.717) is 31.1 Å². The van der Waals surface area contributed by atoms with Crippen molar-refractivity contribution in [2.75, 3.05) is 24.2 Å². The van der Waals surface area contributed by atoms with Gasteiger partial charge in [0.2, 0.25) is 11.7 Å². The number of rotatable bonds is 12. The number of carbonyl (C=O) groups is 2. The minimum absolute atomic E-state index is 0.114. The van der Waals surface area contributed by atoms with Gasteiger partial charge in [0, 0.05) is 37.2 Å². The number of aliphatic carboxylic acids is 1. The third-order valence-electron chi connectivity index (χ3n) is 6.78. The Morgan fingerprint density at radius 1 is 0.935 bits per heavy atom. The molecule has 2 aromatic carbocycles. The molecule has 46 heavy (non-hydrogen) atoms. The molecule has 5 N–H and O–H groups in total. The number of carbonyl (C=O) groups excluding carboxylic acids is 1. The number of aryl methyl sites for hydroxylation is 2. The number of nitrogen functional groups attached to an aromatic ring is 1. The Labute approximate surface area is 263 Å². The number of anilines is 2. The molecule has 0 aliphatic rings. The molecule has 0 atom stereocenters. The van der Waals surface area contributed by atoms with Crippen molar-refractivity contribution in [3.8, 4) is 0 Å². The summed E-state index contributed by atoms with van der Waals surface area (Å²) in [7, 11) is 0. The maximum atomic E-state index is 13.4. The lowest BCUT2D eigenvalue weighted by molar-refractivity contribution is -0.192. The number of pyridine rings is 1. The van der Waals surface area contributed by atoms with E-state index in [1.165, 1.54) is 15.7 Å². The highest BCUT2D eigenvalue weighted by Crippen LogP contribution is 2.13. The van der Waals surface area contributed by atoms with Gasteiger partial charge in [-0.2, -0.15) is 13.2 Å². The van der Waals surface area contributed by atoms with Crippen LogP contribution < -0.4 is 22.0 Å². The molecule has 0 unspecified atom stereocenters. The number of carboxylic acids is 1. The van der Waals surface area contributed by atoms with E-state index in [-0.39, 0.29) is 23.8 Å². The lowest BCUT2D eigenvalue weighted by Gasteiger charge is -2.24. The van der Waals surface area contributed by atoms with Crippen LogP contribution >= 0.6 is 0 Å². The number of nitrogens with zero attached hydrogens (tertiary/aromatic N) is 4. The SMILES string of the molecule is Cc1nc(N)ccc1CNC(=O)Cn1c(C)cnc(NN(CCc2ccccc2)CCc2ccccc2)c1=O.O=C(O)C(F)(F)F. The topological polar surface area (TPSA) is 155 Å². The molecule has 2 aromatic heterocycles. The first kappa shape index (κ1) is 35.2. The molecule has 244 valence electrons. The molecule has 0 bridgehead atoms. The zero-order valence-corrected chi connectivity index (χ0v) is 25.4. The van der Waals surface area contributed by atoms with Gasteiger partial charge in [0.25, 0.3) is 5.56 Å². The summed E-state index contributed by atoms with van der Waals surface area (Å²) in [6, 6.07) is 24.0. The number of hydrogen-bond donors (Lipinski definition) is 4. The molecule has 4 aromatic rings. The van der Waals surface area contributed by atoms with E-state index in [2.05, 4.69) is 45.0 Å². The van der Waals surface area contributed by atoms with Gasteiger partial charge in [-0.25, -0.2) is 19.8 Å². The number of amides is 1. The average Bonchev–Trinajstić information content (AvgIpc) is 3.02. The van der Waals surface area contributed by atoms with Crippen LogP contribution in [0, 0.1) is 13.8 Å². The summed E-state index contributed by atoms with van der Waals surface area (Å²) in [5.74, 6) is -2.41. The quantitative estimate of drug-likeness (QED) is 0.169. The van der Waals surface area contributed by atoms with E-state index in [1.54, 1.807) is 19.2 Å². The highest BCUT2D eigenvalue weighted by molar-refractivity contribution is 5.76. The first-order chi connectivity index (χ1) is 21.8. The predicted molar refractivity (Wildman–Crippen MR) is 168 cm³/mol. The van der Waals surface area contributed by atoms with Crippen molar-refractivity contribution in [3.05, 3.63) is 117 Å². The largest absolute Gasteiger partial charge is 0.490 e. The second-order valence-electron chi connectivity index (χ2n) is 10.3. The lowest BCUT2D eigenvalue weighted by Crippen LogP contribution is -2.39. The molecule has 2 heterocycles. The Morgan fingerprint density at radius 2 is 1.48 bits per heavy atom. The van der Waals surface area contributed by atoms with Crippen LogP contribution in [-0.2, 0) is 35.5 Å². The molecule has 0 radical (unpaired) electrons. The summed E-state index contributed by atoms with van der Waals surface area (Å²) in [6.45, 7) is 5.16. The molecule has 1 amide bonds. The number of hydrazine groups is 1. The minimum atomic E-state index is -5.08. The Morgan fingerprint density at radius 3 is 1.98 bits per heavy atom. The zero-order valence-electron chi connectivity index (χ0n) is 25.4. The van der Waals surface area contributed by atoms with Crippen molar-refractivity contribution in [2.24, 2.45) is 0 Å². The number of halogens is 3. The van der Waals surface area contributed by atoms with Crippen molar-refractivity contribution in [1.29, 1.82) is 0 Å². The van der Waals surface area contributed by atoms with Gasteiger partial charge >= 0.3 is 12.1 Å². The van der Waals surface area contributed by atoms with Gasteiger partial charge in [0.1, 0.15) is 12.4 Å². The summed E-state index contributed by atoms with van der Waals surface area (Å²) < 4.78 is 33.2. The van der Waals surface area contributed by atoms with Crippen LogP contribution in [0.15, 0.2) is 83.8 Å². The minimum Gasteiger partial charge on any atom is -0.475 e. The van der Waals surface area contributed by atoms with Crippen LogP contribution in [0.2, 0.25) is 0 Å². The Hall–Kier alpha value is -5.24. The van der Waals surface area contributed by atoms with Crippen LogP contribution in [0.1, 0.15) is 28.1 Å². The van der Waals surface area contributed by atoms with Crippen LogP contribution in [0.5, 0.6) is 0 Å². The summed E-state index contributed by atoms with van der Waals surface area (Å²) >= 11 is 0. The highest BCUT2D eigenvalue weighted by Gasteiger charge is 2.38. The van der Waals surface area contributed by atoms with Crippen LogP contribution in [0.3, 0.4) is 0 Å². The smallest absolute Gasteiger partial charge is 0.475 e. The standard InChI is InChI=1S/C30H35N7O2.C2HF3O2/c1-22-19-33-29(30(39)37(22)21-28(38)32-20-26-13-14-27(31)34-23(26)2)35-36(17-15-24-9-5-3-6-10-24)18-16-25-11-7-4-8-12-25;3-2(4,5)1(6)7/h3-14,19H,15-18,20-21H2,1-2H3,(H2,31,34)(H,32,38)(H,33,35);(H,6,7). The second kappa shape index (κ2) is 16.7. The molecular formula is C32H36F3N7O4. The number of nitrogens with one attached hydrogen (secondary N) is 2. The summed E-state index contributed by atoms with van der Waals surface area (Å²) in [5, 5.41) is 12.0. The van der Waals surface area contributed by atoms with E-state index in [4.69, 9.17) is 15.6 Å². The number of aromatic nitrogens is 3. The molecule has 14 heteroatoms. The van der Waals surface area contributed by atoms with E-state index >= 15 is 0 Å². The molecule has 0 aliphatic heterocycles. The van der Waals surface area contributed by atoms with Crippen LogP contribution in [-0.4, -0.2) is 55.8 Å². The fourth-order valence-electron chi connectivity index (χ4n) is 4.22. The Balaban J connectivity index is 0.000000738. The number of alkyl halides is 3. The van der Waals surface area contributed by atoms with Gasteiger partial charge in [-0.05, 0) is 49.4 Å². The predicted octanol–water partition coefficient (Wildman–Crippen LogP) is 3.90. The van der Waals surface area contributed by atoms with Crippen molar-refractivity contribution >= 4 is 23.5 Å². The van der Waals surface area contributed by atoms with E-state index < -0.39 is 12.1 Å². The van der Waals surface area contributed by atoms with Gasteiger partial charge in [0.05, 0.1) is 0 Å². The Bertz CT molecular complexity index is 1610. The van der Waals surface area contributed by atoms with Crippen molar-refractivity contribution in [3.63, 3.8) is 0 Å². The first-order valence-electron chi connectivity index (χ1n) is 14.3. The van der Waals surface area contributed by atoms with Crippen LogP contribution in [0.25, 0.3) is 0 Å². The van der Waals surface area contributed by atoms with Gasteiger partial charge < -0.3 is 16.2 Å². The Kier molecular flexibility index (Phi) is 12.8. The molecule has 0 fully saturated rings. The van der Waals surface area contributed by atoms with E-state index in [0.717, 1.165) is 24.1 Å². The third kappa shape index (κ3) is 11.4. The molecule has 0 saturated heterocycles. The van der Waals surface area contributed by atoms with Gasteiger partial charge in [-0.15, -0.1) is 0 Å². The highest BCUT2D eigenvalue weighted by atomic mass is 19.4. The summed E-state index contributed by atoms with van der Waals surface area (Å²) in [5.41, 5.74) is 13.2. The van der Waals surface area contributed by atoms with Gasteiger partial charge in [0.15, 0.2) is 0 Å². The lowest BCUT2D eigenvalue weighted by atomic mass is 10.1. The maximum Gasteiger partial charge on any atom is 0.490 e. The normalized spacial score (nSPS) is 11.0. The molecular weight excluding hydrogens is 603 g/mol. The zero-order chi connectivity index (χ0) is 33.7. The third-order valence-corrected chi connectivity index (χ3v) is 6.78. The number of hydrogen-bond acceptors (Lipinski definition) is 8. The summed E-state index contributed by atoms with van der Waals surface area (Å²) in [6.07, 6.45) is -1.85. The monoisotopic (exact) mass is 639 g/mol. The fraction of sp³-hybridized carbons (Fsp3) is 0.281. The first-order valence-corrected chi connectivity index (χ1v) is 14.3. The second-order valence-corrected chi connectivity index (χ2v) is 10.3. The fourth-order valence-corrected chi connectivity index (χ4v) is 4.22. The molecule has 0 spiro atoms. The van der Waals surface area contributed by atoms with Crippen molar-refractivity contribution < 1.29 is 27.9 Å². The molecule has 0 aliphatic carbocycles. The molecule has 4 rings (SSSR count). The van der Waals surface area contributed by atoms with E-state index in [1.807, 2.05) is 54.4 Å². The van der Waals surface area contributed by atoms with Crippen molar-refractivity contribution in [1.82, 2.24) is 24.9 Å². The van der Waals surface area contributed by atoms with E-state index in [9.17, 15) is 22.8 Å². The average molecular weight is 640 g/mol. The maximum absolute atomic E-state index is 13.4. The van der Waals surface area contributed by atoms with Gasteiger partial charge in [-0.1, -0.05) is 66.7 Å². The molecule has 11 nitrogen and oxygen atoms in total. The summed E-state index contributed by atoms with van der Waals surface area (Å²) in [4.78, 5) is 43.6.